The molecule has 0 N–H and O–H groups in total. The van der Waals surface area contributed by atoms with Gasteiger partial charge in [-0.3, -0.25) is 0 Å². The number of benzene rings is 1. The van der Waals surface area contributed by atoms with Crippen LogP contribution in [0.1, 0.15) is 12.5 Å². The highest BCUT2D eigenvalue weighted by molar-refractivity contribution is 9.10. The first kappa shape index (κ1) is 10.1. The van der Waals surface area contributed by atoms with E-state index in [2.05, 4.69) is 22.9 Å². The molecule has 0 bridgehead atoms. The molecule has 0 saturated heterocycles. The van der Waals surface area contributed by atoms with Gasteiger partial charge in [0, 0.05) is 10.0 Å². The highest BCUT2D eigenvalue weighted by Crippen LogP contribution is 2.43. The van der Waals surface area contributed by atoms with Crippen LogP contribution in [0, 0.1) is 0 Å². The van der Waals surface area contributed by atoms with Crippen molar-refractivity contribution in [3.05, 3.63) is 21.1 Å². The van der Waals surface area contributed by atoms with Gasteiger partial charge in [-0.1, -0.05) is 34.5 Å². The van der Waals surface area contributed by atoms with Crippen molar-refractivity contribution in [2.24, 2.45) is 0 Å². The number of rotatable bonds is 1. The molecule has 1 aliphatic rings. The zero-order valence-corrected chi connectivity index (χ0v) is 10.1. The van der Waals surface area contributed by atoms with Gasteiger partial charge < -0.3 is 9.47 Å². The van der Waals surface area contributed by atoms with Crippen molar-refractivity contribution in [3.8, 4) is 11.5 Å². The van der Waals surface area contributed by atoms with Gasteiger partial charge in [0.1, 0.15) is 13.2 Å². The molecule has 0 radical (unpaired) electrons. The van der Waals surface area contributed by atoms with Crippen molar-refractivity contribution in [3.63, 3.8) is 0 Å². The molecule has 0 unspecified atom stereocenters. The molecule has 0 spiro atoms. The molecular formula is C10H10BrClO2. The Morgan fingerprint density at radius 2 is 2.00 bits per heavy atom. The monoisotopic (exact) mass is 276 g/mol. The number of hydrogen-bond acceptors (Lipinski definition) is 2. The van der Waals surface area contributed by atoms with E-state index in [4.69, 9.17) is 21.1 Å². The average Bonchev–Trinajstić information content (AvgIpc) is 2.18. The Hall–Kier alpha value is -0.410. The standard InChI is InChI=1S/C10H10BrClO2/c1-2-6-7(11)5-8(12)10-9(6)13-3-4-14-10/h5H,2-4H2,1H3. The summed E-state index contributed by atoms with van der Waals surface area (Å²) in [5, 5.41) is 0.601. The lowest BCUT2D eigenvalue weighted by Crippen LogP contribution is -2.17. The van der Waals surface area contributed by atoms with E-state index < -0.39 is 0 Å². The molecule has 0 aromatic heterocycles. The van der Waals surface area contributed by atoms with Gasteiger partial charge in [-0.05, 0) is 12.5 Å². The van der Waals surface area contributed by atoms with Gasteiger partial charge in [0.05, 0.1) is 5.02 Å². The van der Waals surface area contributed by atoms with Crippen LogP contribution in [0.5, 0.6) is 11.5 Å². The Kier molecular flexibility index (Phi) is 2.88. The van der Waals surface area contributed by atoms with Crippen molar-refractivity contribution in [1.82, 2.24) is 0 Å². The average molecular weight is 278 g/mol. The first-order chi connectivity index (χ1) is 6.74. The summed E-state index contributed by atoms with van der Waals surface area (Å²) in [6.45, 7) is 3.23. The topological polar surface area (TPSA) is 18.5 Å². The third-order valence-corrected chi connectivity index (χ3v) is 3.16. The zero-order valence-electron chi connectivity index (χ0n) is 7.77. The molecule has 1 aromatic rings. The first-order valence-electron chi connectivity index (χ1n) is 4.50. The van der Waals surface area contributed by atoms with Gasteiger partial charge >= 0.3 is 0 Å². The molecule has 1 heterocycles. The summed E-state index contributed by atoms with van der Waals surface area (Å²) in [6.07, 6.45) is 0.892. The van der Waals surface area contributed by atoms with Crippen LogP contribution in [0.3, 0.4) is 0 Å². The summed E-state index contributed by atoms with van der Waals surface area (Å²) in [6, 6.07) is 1.86. The molecule has 0 amide bonds. The van der Waals surface area contributed by atoms with Gasteiger partial charge in [0.2, 0.25) is 0 Å². The van der Waals surface area contributed by atoms with Gasteiger partial charge in [0.25, 0.3) is 0 Å². The van der Waals surface area contributed by atoms with E-state index in [0.29, 0.717) is 24.0 Å². The number of ether oxygens (including phenoxy) is 2. The van der Waals surface area contributed by atoms with E-state index >= 15 is 0 Å². The van der Waals surface area contributed by atoms with E-state index in [1.807, 2.05) is 6.07 Å². The molecule has 14 heavy (non-hydrogen) atoms. The Labute approximate surface area is 96.3 Å². The fourth-order valence-electron chi connectivity index (χ4n) is 1.52. The van der Waals surface area contributed by atoms with Gasteiger partial charge in [0.15, 0.2) is 11.5 Å². The second kappa shape index (κ2) is 3.99. The predicted octanol–water partition coefficient (Wildman–Crippen LogP) is 3.44. The fraction of sp³-hybridized carbons (Fsp3) is 0.400. The van der Waals surface area contributed by atoms with Crippen molar-refractivity contribution >= 4 is 27.5 Å². The third-order valence-electron chi connectivity index (χ3n) is 2.17. The Morgan fingerprint density at radius 1 is 1.36 bits per heavy atom. The SMILES string of the molecule is CCc1c(Br)cc(Cl)c2c1OCCO2. The summed E-state index contributed by atoms with van der Waals surface area (Å²) >= 11 is 9.51. The number of hydrogen-bond donors (Lipinski definition) is 0. The lowest BCUT2D eigenvalue weighted by molar-refractivity contribution is 0.170. The highest BCUT2D eigenvalue weighted by Gasteiger charge is 2.20. The van der Waals surface area contributed by atoms with Crippen molar-refractivity contribution in [1.29, 1.82) is 0 Å². The molecule has 0 atom stereocenters. The van der Waals surface area contributed by atoms with Crippen LogP contribution >= 0.6 is 27.5 Å². The van der Waals surface area contributed by atoms with E-state index in [9.17, 15) is 0 Å². The maximum absolute atomic E-state index is 6.04. The molecule has 2 nitrogen and oxygen atoms in total. The van der Waals surface area contributed by atoms with Gasteiger partial charge in [-0.25, -0.2) is 0 Å². The largest absolute Gasteiger partial charge is 0.486 e. The third kappa shape index (κ3) is 1.59. The Balaban J connectivity index is 2.61. The van der Waals surface area contributed by atoms with E-state index in [1.165, 1.54) is 0 Å². The molecule has 0 aliphatic carbocycles. The maximum atomic E-state index is 6.04. The van der Waals surface area contributed by atoms with Crippen LogP contribution in [0.15, 0.2) is 10.5 Å². The summed E-state index contributed by atoms with van der Waals surface area (Å²) in [5.41, 5.74) is 1.11. The molecule has 2 rings (SSSR count). The van der Waals surface area contributed by atoms with Crippen LogP contribution in [-0.4, -0.2) is 13.2 Å². The molecule has 0 fully saturated rings. The number of fused-ring (bicyclic) bond motifs is 1. The lowest BCUT2D eigenvalue weighted by Gasteiger charge is -2.22. The normalized spacial score (nSPS) is 14.2. The minimum Gasteiger partial charge on any atom is -0.486 e. The lowest BCUT2D eigenvalue weighted by atomic mass is 10.1. The van der Waals surface area contributed by atoms with Crippen LogP contribution in [0.2, 0.25) is 5.02 Å². The van der Waals surface area contributed by atoms with Crippen LogP contribution < -0.4 is 9.47 Å². The van der Waals surface area contributed by atoms with Crippen molar-refractivity contribution in [2.75, 3.05) is 13.2 Å². The maximum Gasteiger partial charge on any atom is 0.180 e. The molecule has 1 aromatic carbocycles. The van der Waals surface area contributed by atoms with Crippen LogP contribution in [0.4, 0.5) is 0 Å². The van der Waals surface area contributed by atoms with E-state index in [0.717, 1.165) is 22.2 Å². The molecule has 4 heteroatoms. The molecular weight excluding hydrogens is 267 g/mol. The Morgan fingerprint density at radius 3 is 2.64 bits per heavy atom. The van der Waals surface area contributed by atoms with Gasteiger partial charge in [-0.2, -0.15) is 0 Å². The summed E-state index contributed by atoms with van der Waals surface area (Å²) in [7, 11) is 0. The zero-order chi connectivity index (χ0) is 10.1. The second-order valence-corrected chi connectivity index (χ2v) is 4.29. The van der Waals surface area contributed by atoms with Crippen LogP contribution in [-0.2, 0) is 6.42 Å². The Bertz CT molecular complexity index is 345. The van der Waals surface area contributed by atoms with Crippen LogP contribution in [0.25, 0.3) is 0 Å². The summed E-state index contributed by atoms with van der Waals surface area (Å²) in [4.78, 5) is 0. The minimum atomic E-state index is 0.567. The van der Waals surface area contributed by atoms with Crippen molar-refractivity contribution < 1.29 is 9.47 Å². The second-order valence-electron chi connectivity index (χ2n) is 3.03. The smallest absolute Gasteiger partial charge is 0.180 e. The summed E-state index contributed by atoms with van der Waals surface area (Å²) in [5.74, 6) is 1.47. The van der Waals surface area contributed by atoms with Crippen molar-refractivity contribution in [2.45, 2.75) is 13.3 Å². The molecule has 0 saturated carbocycles. The summed E-state index contributed by atoms with van der Waals surface area (Å²) < 4.78 is 12.0. The number of halogens is 2. The van der Waals surface area contributed by atoms with E-state index in [-0.39, 0.29) is 0 Å². The highest BCUT2D eigenvalue weighted by atomic mass is 79.9. The quantitative estimate of drug-likeness (QED) is 0.783. The predicted molar refractivity (Wildman–Crippen MR) is 59.5 cm³/mol. The fourth-order valence-corrected chi connectivity index (χ4v) is 2.59. The minimum absolute atomic E-state index is 0.567. The molecule has 1 aliphatic heterocycles. The first-order valence-corrected chi connectivity index (χ1v) is 5.67. The van der Waals surface area contributed by atoms with Gasteiger partial charge in [-0.15, -0.1) is 0 Å². The van der Waals surface area contributed by atoms with E-state index in [1.54, 1.807) is 0 Å². The molecule has 76 valence electrons.